The number of aromatic amines is 1. The first-order valence-corrected chi connectivity index (χ1v) is 7.17. The highest BCUT2D eigenvalue weighted by atomic mass is 35.5. The molecule has 0 bridgehead atoms. The second kappa shape index (κ2) is 7.29. The smallest absolute Gasteiger partial charge is 0.355 e. The van der Waals surface area contributed by atoms with E-state index in [-0.39, 0.29) is 5.97 Å². The molecule has 0 fully saturated rings. The molecule has 2 rings (SSSR count). The molecule has 0 unspecified atom stereocenters. The molecule has 0 atom stereocenters. The Morgan fingerprint density at radius 1 is 1.38 bits per heavy atom. The van der Waals surface area contributed by atoms with Crippen molar-refractivity contribution in [1.29, 1.82) is 0 Å². The van der Waals surface area contributed by atoms with Crippen molar-refractivity contribution in [2.45, 2.75) is 13.3 Å². The van der Waals surface area contributed by atoms with Crippen LogP contribution in [0.15, 0.2) is 30.5 Å². The van der Waals surface area contributed by atoms with E-state index in [1.807, 2.05) is 30.5 Å². The highest BCUT2D eigenvalue weighted by Crippen LogP contribution is 2.29. The summed E-state index contributed by atoms with van der Waals surface area (Å²) >= 11 is 6.04. The molecule has 0 aliphatic heterocycles. The Bertz CT molecular complexity index is 622. The minimum Gasteiger partial charge on any atom is -0.461 e. The summed E-state index contributed by atoms with van der Waals surface area (Å²) in [6.07, 6.45) is 2.43. The van der Waals surface area contributed by atoms with E-state index < -0.39 is 0 Å². The molecule has 5 heteroatoms. The van der Waals surface area contributed by atoms with Gasteiger partial charge in [-0.25, -0.2) is 4.79 Å². The second-order valence-electron chi connectivity index (χ2n) is 4.53. The summed E-state index contributed by atoms with van der Waals surface area (Å²) in [4.78, 5) is 15.0. The maximum atomic E-state index is 12.0. The zero-order valence-corrected chi connectivity index (χ0v) is 12.9. The quantitative estimate of drug-likeness (QED) is 0.828. The summed E-state index contributed by atoms with van der Waals surface area (Å²) < 4.78 is 10.2. The number of carbonyl (C=O) groups excluding carboxylic acids is 1. The summed E-state index contributed by atoms with van der Waals surface area (Å²) in [6, 6.07) is 7.53. The number of esters is 1. The molecule has 0 radical (unpaired) electrons. The van der Waals surface area contributed by atoms with Gasteiger partial charge < -0.3 is 14.5 Å². The van der Waals surface area contributed by atoms with E-state index >= 15 is 0 Å². The Hall–Kier alpha value is -1.78. The molecule has 1 heterocycles. The predicted octanol–water partition coefficient (Wildman–Crippen LogP) is 3.70. The van der Waals surface area contributed by atoms with Crippen LogP contribution in [0.4, 0.5) is 0 Å². The van der Waals surface area contributed by atoms with Crippen LogP contribution in [0.5, 0.6) is 0 Å². The van der Waals surface area contributed by atoms with Gasteiger partial charge in [-0.3, -0.25) is 0 Å². The summed E-state index contributed by atoms with van der Waals surface area (Å²) in [7, 11) is 1.63. The van der Waals surface area contributed by atoms with Gasteiger partial charge in [0.2, 0.25) is 0 Å². The summed E-state index contributed by atoms with van der Waals surface area (Å²) in [5, 5.41) is 0.657. The monoisotopic (exact) mass is 307 g/mol. The Balaban J connectivity index is 2.43. The molecule has 0 amide bonds. The van der Waals surface area contributed by atoms with Gasteiger partial charge in [0.15, 0.2) is 0 Å². The average Bonchev–Trinajstić information content (AvgIpc) is 2.89. The fourth-order valence-electron chi connectivity index (χ4n) is 2.22. The van der Waals surface area contributed by atoms with E-state index in [1.54, 1.807) is 14.0 Å². The maximum absolute atomic E-state index is 12.0. The maximum Gasteiger partial charge on any atom is 0.355 e. The number of carbonyl (C=O) groups is 1. The van der Waals surface area contributed by atoms with E-state index in [0.717, 1.165) is 16.7 Å². The Kier molecular flexibility index (Phi) is 5.42. The molecular weight excluding hydrogens is 290 g/mol. The first-order valence-electron chi connectivity index (χ1n) is 6.79. The number of hydrogen-bond acceptors (Lipinski definition) is 3. The molecule has 1 aromatic carbocycles. The topological polar surface area (TPSA) is 51.3 Å². The predicted molar refractivity (Wildman–Crippen MR) is 82.8 cm³/mol. The van der Waals surface area contributed by atoms with Crippen LogP contribution in [0, 0.1) is 0 Å². The van der Waals surface area contributed by atoms with Crippen LogP contribution in [0.2, 0.25) is 5.02 Å². The van der Waals surface area contributed by atoms with Crippen molar-refractivity contribution < 1.29 is 14.3 Å². The van der Waals surface area contributed by atoms with Crippen LogP contribution in [0.3, 0.4) is 0 Å². The normalized spacial score (nSPS) is 10.6. The first-order chi connectivity index (χ1) is 10.2. The third-order valence-corrected chi connectivity index (χ3v) is 3.39. The van der Waals surface area contributed by atoms with Crippen LogP contribution in [-0.2, 0) is 15.9 Å². The lowest BCUT2D eigenvalue weighted by Gasteiger charge is -2.07. The Labute approximate surface area is 129 Å². The number of benzene rings is 1. The molecule has 1 N–H and O–H groups in total. The highest BCUT2D eigenvalue weighted by molar-refractivity contribution is 6.30. The lowest BCUT2D eigenvalue weighted by molar-refractivity contribution is 0.0518. The molecule has 1 aromatic heterocycles. The number of ether oxygens (including phenoxy) is 2. The van der Waals surface area contributed by atoms with Crippen LogP contribution in [-0.4, -0.2) is 31.3 Å². The Morgan fingerprint density at radius 2 is 2.19 bits per heavy atom. The van der Waals surface area contributed by atoms with Crippen molar-refractivity contribution in [3.63, 3.8) is 0 Å². The van der Waals surface area contributed by atoms with Crippen LogP contribution in [0.1, 0.15) is 23.0 Å². The Morgan fingerprint density at radius 3 is 2.86 bits per heavy atom. The lowest BCUT2D eigenvalue weighted by atomic mass is 10.0. The van der Waals surface area contributed by atoms with E-state index in [4.69, 9.17) is 21.1 Å². The van der Waals surface area contributed by atoms with Crippen molar-refractivity contribution in [2.24, 2.45) is 0 Å². The number of hydrogen-bond donors (Lipinski definition) is 1. The number of nitrogens with one attached hydrogen (secondary N) is 1. The molecule has 2 aromatic rings. The standard InChI is InChI=1S/C16H18ClNO3/c1-3-21-16(19)15-13(7-8-20-2)14(10-18-15)11-5-4-6-12(17)9-11/h4-6,9-10,18H,3,7-8H2,1-2H3. The number of rotatable bonds is 6. The molecule has 21 heavy (non-hydrogen) atoms. The number of halogens is 1. The van der Waals surface area contributed by atoms with Gasteiger partial charge in [-0.15, -0.1) is 0 Å². The lowest BCUT2D eigenvalue weighted by Crippen LogP contribution is -2.09. The van der Waals surface area contributed by atoms with Crippen molar-refractivity contribution in [2.75, 3.05) is 20.3 Å². The molecule has 0 aliphatic carbocycles. The van der Waals surface area contributed by atoms with Crippen molar-refractivity contribution in [3.05, 3.63) is 46.7 Å². The van der Waals surface area contributed by atoms with Gasteiger partial charge in [-0.2, -0.15) is 0 Å². The summed E-state index contributed by atoms with van der Waals surface area (Å²) in [6.45, 7) is 2.65. The minimum absolute atomic E-state index is 0.341. The number of methoxy groups -OCH3 is 1. The molecule has 0 spiro atoms. The molecule has 0 saturated carbocycles. The number of H-pyrrole nitrogens is 1. The fraction of sp³-hybridized carbons (Fsp3) is 0.312. The molecule has 4 nitrogen and oxygen atoms in total. The number of aromatic nitrogens is 1. The third-order valence-electron chi connectivity index (χ3n) is 3.16. The van der Waals surface area contributed by atoms with E-state index in [2.05, 4.69) is 4.98 Å². The fourth-order valence-corrected chi connectivity index (χ4v) is 2.41. The summed E-state index contributed by atoms with van der Waals surface area (Å²) in [5.74, 6) is -0.350. The molecule has 0 aliphatic rings. The van der Waals surface area contributed by atoms with Crippen molar-refractivity contribution >= 4 is 17.6 Å². The first kappa shape index (κ1) is 15.6. The highest BCUT2D eigenvalue weighted by Gasteiger charge is 2.19. The van der Waals surface area contributed by atoms with E-state index in [0.29, 0.717) is 30.4 Å². The van der Waals surface area contributed by atoms with Gasteiger partial charge in [-0.1, -0.05) is 23.7 Å². The molecule has 0 saturated heterocycles. The second-order valence-corrected chi connectivity index (χ2v) is 4.97. The largest absolute Gasteiger partial charge is 0.461 e. The van der Waals surface area contributed by atoms with Gasteiger partial charge >= 0.3 is 5.97 Å². The van der Waals surface area contributed by atoms with Gasteiger partial charge in [0.05, 0.1) is 13.2 Å². The third kappa shape index (κ3) is 3.65. The van der Waals surface area contributed by atoms with Gasteiger partial charge in [0.1, 0.15) is 5.69 Å². The van der Waals surface area contributed by atoms with Gasteiger partial charge in [-0.05, 0) is 36.6 Å². The minimum atomic E-state index is -0.350. The van der Waals surface area contributed by atoms with E-state index in [9.17, 15) is 4.79 Å². The zero-order valence-electron chi connectivity index (χ0n) is 12.1. The average molecular weight is 308 g/mol. The SMILES string of the molecule is CCOC(=O)c1[nH]cc(-c2cccc(Cl)c2)c1CCOC. The van der Waals surface area contributed by atoms with Crippen LogP contribution in [0.25, 0.3) is 11.1 Å². The van der Waals surface area contributed by atoms with E-state index in [1.165, 1.54) is 0 Å². The van der Waals surface area contributed by atoms with Crippen LogP contribution < -0.4 is 0 Å². The van der Waals surface area contributed by atoms with Crippen molar-refractivity contribution in [3.8, 4) is 11.1 Å². The molecule has 112 valence electrons. The molecular formula is C16H18ClNO3. The zero-order chi connectivity index (χ0) is 15.2. The van der Waals surface area contributed by atoms with Crippen LogP contribution >= 0.6 is 11.6 Å². The van der Waals surface area contributed by atoms with Crippen molar-refractivity contribution in [1.82, 2.24) is 4.98 Å². The summed E-state index contributed by atoms with van der Waals surface area (Å²) in [5.41, 5.74) is 3.26. The van der Waals surface area contributed by atoms with Gasteiger partial charge in [0.25, 0.3) is 0 Å². The van der Waals surface area contributed by atoms with Gasteiger partial charge in [0, 0.05) is 23.9 Å².